The molecule has 1 aromatic carbocycles. The average molecular weight is 288 g/mol. The Balaban J connectivity index is 1.81. The molecule has 0 bridgehead atoms. The van der Waals surface area contributed by atoms with Crippen LogP contribution in [-0.4, -0.2) is 42.0 Å². The Hall–Kier alpha value is -1.88. The van der Waals surface area contributed by atoms with Crippen molar-refractivity contribution in [3.8, 4) is 0 Å². The number of benzene rings is 1. The molecule has 2 fully saturated rings. The summed E-state index contributed by atoms with van der Waals surface area (Å²) >= 11 is 0. The van der Waals surface area contributed by atoms with E-state index < -0.39 is 6.04 Å². The quantitative estimate of drug-likeness (QED) is 0.911. The Bertz CT molecular complexity index is 526. The zero-order valence-electron chi connectivity index (χ0n) is 12.1. The van der Waals surface area contributed by atoms with Gasteiger partial charge in [-0.25, -0.2) is 0 Å². The van der Waals surface area contributed by atoms with Gasteiger partial charge in [-0.15, -0.1) is 0 Å². The fourth-order valence-corrected chi connectivity index (χ4v) is 3.07. The van der Waals surface area contributed by atoms with Gasteiger partial charge in [0.1, 0.15) is 12.6 Å². The molecule has 3 rings (SSSR count). The molecule has 2 saturated heterocycles. The van der Waals surface area contributed by atoms with Crippen molar-refractivity contribution in [1.29, 1.82) is 0 Å². The van der Waals surface area contributed by atoms with Crippen LogP contribution in [0.5, 0.6) is 0 Å². The number of amides is 2. The number of nitrogens with one attached hydrogen (secondary N) is 1. The Labute approximate surface area is 124 Å². The minimum atomic E-state index is -0.587. The van der Waals surface area contributed by atoms with Crippen LogP contribution < -0.4 is 5.32 Å². The van der Waals surface area contributed by atoms with E-state index in [1.165, 1.54) is 0 Å². The van der Waals surface area contributed by atoms with Crippen LogP contribution in [0.4, 0.5) is 0 Å². The lowest BCUT2D eigenvalue weighted by atomic mass is 10.0. The first-order chi connectivity index (χ1) is 10.2. The smallest absolute Gasteiger partial charge is 0.250 e. The third kappa shape index (κ3) is 2.78. The van der Waals surface area contributed by atoms with Crippen LogP contribution in [-0.2, 0) is 14.3 Å². The molecule has 1 aromatic rings. The summed E-state index contributed by atoms with van der Waals surface area (Å²) in [5, 5.41) is 2.79. The molecule has 3 unspecified atom stereocenters. The van der Waals surface area contributed by atoms with Gasteiger partial charge in [0.15, 0.2) is 0 Å². The summed E-state index contributed by atoms with van der Waals surface area (Å²) in [6.45, 7) is 2.82. The lowest BCUT2D eigenvalue weighted by molar-refractivity contribution is -0.149. The molecular formula is C16H20N2O3. The molecule has 2 aliphatic heterocycles. The van der Waals surface area contributed by atoms with E-state index in [9.17, 15) is 9.59 Å². The molecule has 0 saturated carbocycles. The summed E-state index contributed by atoms with van der Waals surface area (Å²) in [6, 6.07) is 8.71. The van der Waals surface area contributed by atoms with Gasteiger partial charge in [-0.3, -0.25) is 9.59 Å². The largest absolute Gasteiger partial charge is 0.376 e. The Morgan fingerprint density at radius 3 is 2.71 bits per heavy atom. The SMILES string of the molecule is CC(C1CCCO1)N1CC(=O)NC(c2ccccc2)C1=O. The number of rotatable bonds is 3. The summed E-state index contributed by atoms with van der Waals surface area (Å²) < 4.78 is 5.67. The van der Waals surface area contributed by atoms with Gasteiger partial charge >= 0.3 is 0 Å². The van der Waals surface area contributed by atoms with Gasteiger partial charge < -0.3 is 15.0 Å². The minimum Gasteiger partial charge on any atom is -0.376 e. The van der Waals surface area contributed by atoms with Gasteiger partial charge in [0, 0.05) is 6.61 Å². The second-order valence-electron chi connectivity index (χ2n) is 5.67. The highest BCUT2D eigenvalue weighted by Crippen LogP contribution is 2.25. The first-order valence-electron chi connectivity index (χ1n) is 7.43. The molecule has 21 heavy (non-hydrogen) atoms. The second-order valence-corrected chi connectivity index (χ2v) is 5.67. The van der Waals surface area contributed by atoms with Crippen molar-refractivity contribution in [1.82, 2.24) is 10.2 Å². The summed E-state index contributed by atoms with van der Waals surface area (Å²) in [5.74, 6) is -0.169. The molecule has 2 heterocycles. The Kier molecular flexibility index (Phi) is 3.92. The van der Waals surface area contributed by atoms with E-state index in [4.69, 9.17) is 4.74 Å². The van der Waals surface area contributed by atoms with E-state index in [1.54, 1.807) is 4.90 Å². The van der Waals surface area contributed by atoms with Gasteiger partial charge in [-0.1, -0.05) is 30.3 Å². The second kappa shape index (κ2) is 5.85. The normalized spacial score (nSPS) is 27.6. The summed E-state index contributed by atoms with van der Waals surface area (Å²) in [4.78, 5) is 26.4. The van der Waals surface area contributed by atoms with Crippen LogP contribution in [0.15, 0.2) is 30.3 Å². The van der Waals surface area contributed by atoms with Gasteiger partial charge in [-0.2, -0.15) is 0 Å². The maximum absolute atomic E-state index is 12.7. The third-order valence-corrected chi connectivity index (χ3v) is 4.28. The maximum Gasteiger partial charge on any atom is 0.250 e. The lowest BCUT2D eigenvalue weighted by Gasteiger charge is -2.38. The Morgan fingerprint density at radius 2 is 2.05 bits per heavy atom. The molecule has 0 radical (unpaired) electrons. The number of hydrogen-bond acceptors (Lipinski definition) is 3. The highest BCUT2D eigenvalue weighted by atomic mass is 16.5. The number of nitrogens with zero attached hydrogens (tertiary/aromatic N) is 1. The molecule has 3 atom stereocenters. The molecule has 5 nitrogen and oxygen atoms in total. The van der Waals surface area contributed by atoms with Crippen LogP contribution in [0, 0.1) is 0 Å². The van der Waals surface area contributed by atoms with Crippen molar-refractivity contribution < 1.29 is 14.3 Å². The fourth-order valence-electron chi connectivity index (χ4n) is 3.07. The predicted molar refractivity (Wildman–Crippen MR) is 77.5 cm³/mol. The van der Waals surface area contributed by atoms with Crippen LogP contribution in [0.1, 0.15) is 31.4 Å². The average Bonchev–Trinajstić information content (AvgIpc) is 3.04. The zero-order chi connectivity index (χ0) is 14.8. The van der Waals surface area contributed by atoms with Crippen molar-refractivity contribution in [2.75, 3.05) is 13.2 Å². The lowest BCUT2D eigenvalue weighted by Crippen LogP contribution is -2.58. The first-order valence-corrected chi connectivity index (χ1v) is 7.43. The van der Waals surface area contributed by atoms with E-state index in [0.717, 1.165) is 25.0 Å². The van der Waals surface area contributed by atoms with Crippen molar-refractivity contribution >= 4 is 11.8 Å². The molecule has 2 amide bonds. The van der Waals surface area contributed by atoms with Crippen molar-refractivity contribution in [3.05, 3.63) is 35.9 Å². The van der Waals surface area contributed by atoms with Gasteiger partial charge in [0.2, 0.25) is 5.91 Å². The number of carbonyl (C=O) groups is 2. The van der Waals surface area contributed by atoms with E-state index in [0.29, 0.717) is 0 Å². The summed E-state index contributed by atoms with van der Waals surface area (Å²) in [7, 11) is 0. The van der Waals surface area contributed by atoms with Gasteiger partial charge in [-0.05, 0) is 25.3 Å². The topological polar surface area (TPSA) is 58.6 Å². The standard InChI is InChI=1S/C16H20N2O3/c1-11(13-8-5-9-21-13)18-10-14(19)17-15(16(18)20)12-6-3-2-4-7-12/h2-4,6-7,11,13,15H,5,8-10H2,1H3,(H,17,19). The molecule has 2 aliphatic rings. The van der Waals surface area contributed by atoms with Crippen LogP contribution in [0.2, 0.25) is 0 Å². The molecule has 1 N–H and O–H groups in total. The number of ether oxygens (including phenoxy) is 1. The minimum absolute atomic E-state index is 0.0382. The van der Waals surface area contributed by atoms with Gasteiger partial charge in [0.05, 0.1) is 12.1 Å². The number of carbonyl (C=O) groups excluding carboxylic acids is 2. The Morgan fingerprint density at radius 1 is 1.29 bits per heavy atom. The van der Waals surface area contributed by atoms with Crippen molar-refractivity contribution in [2.24, 2.45) is 0 Å². The summed E-state index contributed by atoms with van der Waals surface area (Å²) in [5.41, 5.74) is 0.820. The third-order valence-electron chi connectivity index (χ3n) is 4.28. The molecule has 0 aromatic heterocycles. The number of piperazine rings is 1. The van der Waals surface area contributed by atoms with E-state index in [1.807, 2.05) is 37.3 Å². The molecule has 5 heteroatoms. The van der Waals surface area contributed by atoms with Crippen molar-refractivity contribution in [2.45, 2.75) is 38.0 Å². The highest BCUT2D eigenvalue weighted by Gasteiger charge is 2.39. The van der Waals surface area contributed by atoms with Crippen LogP contribution >= 0.6 is 0 Å². The van der Waals surface area contributed by atoms with Crippen molar-refractivity contribution in [3.63, 3.8) is 0 Å². The van der Waals surface area contributed by atoms with E-state index in [2.05, 4.69) is 5.32 Å². The molecule has 0 spiro atoms. The maximum atomic E-state index is 12.7. The van der Waals surface area contributed by atoms with E-state index >= 15 is 0 Å². The molecule has 112 valence electrons. The van der Waals surface area contributed by atoms with E-state index in [-0.39, 0.29) is 30.5 Å². The monoisotopic (exact) mass is 288 g/mol. The number of hydrogen-bond donors (Lipinski definition) is 1. The zero-order valence-corrected chi connectivity index (χ0v) is 12.1. The molecular weight excluding hydrogens is 268 g/mol. The fraction of sp³-hybridized carbons (Fsp3) is 0.500. The predicted octanol–water partition coefficient (Wildman–Crippen LogP) is 1.25. The van der Waals surface area contributed by atoms with Gasteiger partial charge in [0.25, 0.3) is 5.91 Å². The first kappa shape index (κ1) is 14.1. The summed E-state index contributed by atoms with van der Waals surface area (Å²) in [6.07, 6.45) is 2.00. The van der Waals surface area contributed by atoms with Crippen LogP contribution in [0.3, 0.4) is 0 Å². The van der Waals surface area contributed by atoms with Crippen LogP contribution in [0.25, 0.3) is 0 Å². The molecule has 0 aliphatic carbocycles. The highest BCUT2D eigenvalue weighted by molar-refractivity contribution is 5.95.